The highest BCUT2D eigenvalue weighted by atomic mass is 16.6. The van der Waals surface area contributed by atoms with Crippen LogP contribution in [0.1, 0.15) is 84.0 Å². The van der Waals surface area contributed by atoms with E-state index in [-0.39, 0.29) is 12.3 Å². The summed E-state index contributed by atoms with van der Waals surface area (Å²) < 4.78 is 4.49. The lowest BCUT2D eigenvalue weighted by atomic mass is 10.1. The summed E-state index contributed by atoms with van der Waals surface area (Å²) in [4.78, 5) is 22.1. The number of unbranched alkanes of at least 4 members (excludes halogenated alkanes) is 10. The van der Waals surface area contributed by atoms with E-state index in [1.54, 1.807) is 6.08 Å². The van der Waals surface area contributed by atoms with Crippen molar-refractivity contribution in [2.24, 2.45) is 5.92 Å². The molecule has 0 aromatic heterocycles. The quantitative estimate of drug-likeness (QED) is 0.195. The molecule has 1 atom stereocenters. The van der Waals surface area contributed by atoms with E-state index in [1.165, 1.54) is 64.2 Å². The van der Waals surface area contributed by atoms with Gasteiger partial charge in [-0.15, -0.1) is 0 Å². The maximum Gasteiger partial charge on any atom is 0.321 e. The molecule has 0 amide bonds. The van der Waals surface area contributed by atoms with Gasteiger partial charge in [0.15, 0.2) is 0 Å². The molecular weight excluding hydrogens is 288 g/mol. The summed E-state index contributed by atoms with van der Waals surface area (Å²) in [5, 5.41) is 0. The van der Waals surface area contributed by atoms with Crippen LogP contribution in [-0.2, 0) is 14.3 Å². The molecule has 3 nitrogen and oxygen atoms in total. The van der Waals surface area contributed by atoms with Gasteiger partial charge in [0.2, 0.25) is 0 Å². The largest absolute Gasteiger partial charge is 0.393 e. The zero-order valence-corrected chi connectivity index (χ0v) is 14.6. The normalized spacial score (nSPS) is 18.4. The van der Waals surface area contributed by atoms with E-state index < -0.39 is 11.9 Å². The molecule has 1 aliphatic rings. The lowest BCUT2D eigenvalue weighted by Gasteiger charge is -2.01. The Morgan fingerprint density at radius 3 is 2.09 bits per heavy atom. The predicted molar refractivity (Wildman–Crippen MR) is 93.9 cm³/mol. The number of carbonyl (C=O) groups excluding carboxylic acids is 2. The fourth-order valence-electron chi connectivity index (χ4n) is 2.76. The molecule has 1 saturated heterocycles. The first kappa shape index (κ1) is 19.7. The van der Waals surface area contributed by atoms with Crippen molar-refractivity contribution in [3.05, 3.63) is 24.3 Å². The van der Waals surface area contributed by atoms with Gasteiger partial charge >= 0.3 is 11.9 Å². The summed E-state index contributed by atoms with van der Waals surface area (Å²) in [5.74, 6) is -1.22. The Morgan fingerprint density at radius 2 is 1.52 bits per heavy atom. The third-order valence-corrected chi connectivity index (χ3v) is 4.22. The van der Waals surface area contributed by atoms with Gasteiger partial charge in [-0.2, -0.15) is 0 Å². The Balaban J connectivity index is 1.89. The minimum Gasteiger partial charge on any atom is -0.393 e. The highest BCUT2D eigenvalue weighted by Gasteiger charge is 2.30. The smallest absolute Gasteiger partial charge is 0.321 e. The average Bonchev–Trinajstić information content (AvgIpc) is 2.85. The Labute approximate surface area is 141 Å². The van der Waals surface area contributed by atoms with Gasteiger partial charge in [-0.3, -0.25) is 9.59 Å². The van der Waals surface area contributed by atoms with Crippen LogP contribution in [-0.4, -0.2) is 11.9 Å². The molecule has 1 aliphatic heterocycles. The number of rotatable bonds is 13. The third kappa shape index (κ3) is 10.1. The zero-order chi connectivity index (χ0) is 16.8. The molecule has 0 aromatic carbocycles. The number of cyclic esters (lactones) is 2. The highest BCUT2D eigenvalue weighted by molar-refractivity contribution is 5.95. The molecule has 1 heterocycles. The van der Waals surface area contributed by atoms with E-state index in [9.17, 15) is 9.59 Å². The van der Waals surface area contributed by atoms with E-state index >= 15 is 0 Å². The lowest BCUT2D eigenvalue weighted by molar-refractivity contribution is -0.152. The Hall–Kier alpha value is -1.38. The number of allylic oxidation sites excluding steroid dienone is 3. The Kier molecular flexibility index (Phi) is 11.2. The molecule has 3 heteroatoms. The van der Waals surface area contributed by atoms with Crippen molar-refractivity contribution in [1.29, 1.82) is 0 Å². The van der Waals surface area contributed by atoms with Crippen LogP contribution in [0.5, 0.6) is 0 Å². The Morgan fingerprint density at radius 1 is 0.913 bits per heavy atom. The van der Waals surface area contributed by atoms with Crippen LogP contribution in [0.25, 0.3) is 0 Å². The van der Waals surface area contributed by atoms with Crippen molar-refractivity contribution in [2.75, 3.05) is 0 Å². The van der Waals surface area contributed by atoms with Gasteiger partial charge < -0.3 is 4.74 Å². The molecule has 130 valence electrons. The number of ether oxygens (including phenoxy) is 1. The van der Waals surface area contributed by atoms with Crippen LogP contribution in [0.15, 0.2) is 24.3 Å². The minimum atomic E-state index is -0.422. The SMILES string of the molecule is CCCCCCCCCCCCC=CC=CC1CC(=O)OC1=O. The zero-order valence-electron chi connectivity index (χ0n) is 14.6. The van der Waals surface area contributed by atoms with Crippen molar-refractivity contribution < 1.29 is 14.3 Å². The second kappa shape index (κ2) is 13.1. The molecule has 0 bridgehead atoms. The van der Waals surface area contributed by atoms with Gasteiger partial charge in [-0.1, -0.05) is 89.0 Å². The van der Waals surface area contributed by atoms with Crippen molar-refractivity contribution in [3.8, 4) is 0 Å². The van der Waals surface area contributed by atoms with E-state index in [1.807, 2.05) is 12.2 Å². The highest BCUT2D eigenvalue weighted by Crippen LogP contribution is 2.17. The van der Waals surface area contributed by atoms with Crippen LogP contribution in [0.2, 0.25) is 0 Å². The summed E-state index contributed by atoms with van der Waals surface area (Å²) in [7, 11) is 0. The molecule has 0 saturated carbocycles. The number of hydrogen-bond donors (Lipinski definition) is 0. The summed E-state index contributed by atoms with van der Waals surface area (Å²) >= 11 is 0. The van der Waals surface area contributed by atoms with Gasteiger partial charge in [0.1, 0.15) is 0 Å². The average molecular weight is 320 g/mol. The van der Waals surface area contributed by atoms with Crippen LogP contribution < -0.4 is 0 Å². The third-order valence-electron chi connectivity index (χ3n) is 4.22. The van der Waals surface area contributed by atoms with Crippen LogP contribution in [0.4, 0.5) is 0 Å². The number of carbonyl (C=O) groups is 2. The fourth-order valence-corrected chi connectivity index (χ4v) is 2.76. The topological polar surface area (TPSA) is 43.4 Å². The van der Waals surface area contributed by atoms with Gasteiger partial charge in [0, 0.05) is 0 Å². The molecule has 1 unspecified atom stereocenters. The van der Waals surface area contributed by atoms with Crippen LogP contribution >= 0.6 is 0 Å². The number of esters is 2. The first-order valence-corrected chi connectivity index (χ1v) is 9.32. The first-order chi connectivity index (χ1) is 11.2. The Bertz CT molecular complexity index is 396. The summed E-state index contributed by atoms with van der Waals surface area (Å²) in [6, 6.07) is 0. The second-order valence-corrected chi connectivity index (χ2v) is 6.39. The molecule has 0 spiro atoms. The van der Waals surface area contributed by atoms with Gasteiger partial charge in [-0.25, -0.2) is 0 Å². The maximum absolute atomic E-state index is 11.2. The summed E-state index contributed by atoms with van der Waals surface area (Å²) in [5.41, 5.74) is 0. The van der Waals surface area contributed by atoms with Crippen molar-refractivity contribution in [2.45, 2.75) is 84.0 Å². The molecule has 23 heavy (non-hydrogen) atoms. The minimum absolute atomic E-state index is 0.182. The molecule has 0 radical (unpaired) electrons. The molecule has 1 fully saturated rings. The predicted octanol–water partition coefficient (Wildman–Crippen LogP) is 5.50. The van der Waals surface area contributed by atoms with E-state index in [2.05, 4.69) is 17.7 Å². The monoisotopic (exact) mass is 320 g/mol. The molecule has 0 aliphatic carbocycles. The van der Waals surface area contributed by atoms with Crippen molar-refractivity contribution in [3.63, 3.8) is 0 Å². The van der Waals surface area contributed by atoms with Crippen LogP contribution in [0.3, 0.4) is 0 Å². The molecular formula is C20H32O3. The summed E-state index contributed by atoms with van der Waals surface area (Å²) in [6.07, 6.45) is 22.5. The molecule has 0 aromatic rings. The van der Waals surface area contributed by atoms with E-state index in [4.69, 9.17) is 0 Å². The molecule has 1 rings (SSSR count). The fraction of sp³-hybridized carbons (Fsp3) is 0.700. The van der Waals surface area contributed by atoms with Gasteiger partial charge in [0.05, 0.1) is 12.3 Å². The van der Waals surface area contributed by atoms with Crippen molar-refractivity contribution in [1.82, 2.24) is 0 Å². The van der Waals surface area contributed by atoms with Crippen LogP contribution in [0, 0.1) is 5.92 Å². The molecule has 0 N–H and O–H groups in total. The van der Waals surface area contributed by atoms with Gasteiger partial charge in [0.25, 0.3) is 0 Å². The van der Waals surface area contributed by atoms with E-state index in [0.29, 0.717) is 0 Å². The lowest BCUT2D eigenvalue weighted by Crippen LogP contribution is -2.03. The second-order valence-electron chi connectivity index (χ2n) is 6.39. The first-order valence-electron chi connectivity index (χ1n) is 9.32. The van der Waals surface area contributed by atoms with E-state index in [0.717, 1.165) is 6.42 Å². The van der Waals surface area contributed by atoms with Crippen molar-refractivity contribution >= 4 is 11.9 Å². The maximum atomic E-state index is 11.2. The number of hydrogen-bond acceptors (Lipinski definition) is 3. The van der Waals surface area contributed by atoms with Gasteiger partial charge in [-0.05, 0) is 12.8 Å². The summed E-state index contributed by atoms with van der Waals surface area (Å²) in [6.45, 7) is 2.26. The standard InChI is InChI=1S/C20H32O3/c1-2-3-4-5-6-7-8-9-10-11-12-13-14-15-16-18-17-19(21)23-20(18)22/h13-16,18H,2-12,17H2,1H3.